The van der Waals surface area contributed by atoms with Gasteiger partial charge in [-0.15, -0.1) is 0 Å². The first-order chi connectivity index (χ1) is 22.8. The predicted molar refractivity (Wildman–Crippen MR) is 176 cm³/mol. The van der Waals surface area contributed by atoms with Gasteiger partial charge in [0, 0.05) is 59.9 Å². The summed E-state index contributed by atoms with van der Waals surface area (Å²) in [7, 11) is 0. The number of para-hydroxylation sites is 2. The summed E-state index contributed by atoms with van der Waals surface area (Å²) in [6.45, 7) is 0. The molecule has 2 aromatic carbocycles. The number of hydrogen-bond donors (Lipinski definition) is 8. The zero-order valence-electron chi connectivity index (χ0n) is 26.6. The molecular formula is C32H38MgN8O8. The normalized spacial score (nSPS) is 13.1. The van der Waals surface area contributed by atoms with E-state index in [1.54, 1.807) is 12.4 Å². The molecule has 4 amide bonds. The van der Waals surface area contributed by atoms with Crippen LogP contribution in [-0.4, -0.2) is 92.8 Å². The maximum absolute atomic E-state index is 11.9. The van der Waals surface area contributed by atoms with Crippen LogP contribution in [0.15, 0.2) is 60.9 Å². The molecule has 0 fully saturated rings. The Morgan fingerprint density at radius 2 is 0.980 bits per heavy atom. The monoisotopic (exact) mass is 686 g/mol. The van der Waals surface area contributed by atoms with E-state index >= 15 is 0 Å². The molecule has 0 saturated carbocycles. The smallest absolute Gasteiger partial charge is 0.548 e. The van der Waals surface area contributed by atoms with Crippen LogP contribution in [0.2, 0.25) is 0 Å². The number of fused-ring (bicyclic) bond motifs is 2. The fourth-order valence-corrected chi connectivity index (χ4v) is 4.82. The van der Waals surface area contributed by atoms with Crippen LogP contribution in [0.1, 0.15) is 36.8 Å². The Labute approximate surface area is 296 Å². The number of nitrogens with two attached hydrogens (primary N) is 4. The average Bonchev–Trinajstić information content (AvgIpc) is 3.65. The van der Waals surface area contributed by atoms with Crippen LogP contribution in [0.25, 0.3) is 21.8 Å². The van der Waals surface area contributed by atoms with E-state index in [1.165, 1.54) is 0 Å². The van der Waals surface area contributed by atoms with E-state index in [0.717, 1.165) is 32.9 Å². The Bertz CT molecular complexity index is 1650. The van der Waals surface area contributed by atoms with Gasteiger partial charge in [-0.2, -0.15) is 0 Å². The number of aromatic amines is 2. The molecule has 4 atom stereocenters. The van der Waals surface area contributed by atoms with Crippen molar-refractivity contribution in [3.8, 4) is 0 Å². The van der Waals surface area contributed by atoms with E-state index in [1.807, 2.05) is 48.5 Å². The van der Waals surface area contributed by atoms with Gasteiger partial charge in [0.15, 0.2) is 0 Å². The number of hydrogen-bond acceptors (Lipinski definition) is 10. The second kappa shape index (κ2) is 19.1. The largest absolute Gasteiger partial charge is 2.00 e. The summed E-state index contributed by atoms with van der Waals surface area (Å²) in [5.41, 5.74) is 24.2. The average molecular weight is 687 g/mol. The molecular weight excluding hydrogens is 649 g/mol. The molecule has 49 heavy (non-hydrogen) atoms. The number of rotatable bonds is 16. The number of carboxylic acid groups (broad SMARTS) is 2. The van der Waals surface area contributed by atoms with Crippen molar-refractivity contribution in [2.75, 3.05) is 0 Å². The molecule has 0 radical (unpaired) electrons. The minimum absolute atomic E-state index is 0. The van der Waals surface area contributed by atoms with E-state index in [9.17, 15) is 39.0 Å². The van der Waals surface area contributed by atoms with Crippen molar-refractivity contribution < 1.29 is 39.0 Å². The number of carbonyl (C=O) groups is 6. The summed E-state index contributed by atoms with van der Waals surface area (Å²) in [6.07, 6.45) is 3.48. The third-order valence-electron chi connectivity index (χ3n) is 7.53. The van der Waals surface area contributed by atoms with E-state index in [-0.39, 0.29) is 61.6 Å². The summed E-state index contributed by atoms with van der Waals surface area (Å²) in [6, 6.07) is 10.6. The number of primary amides is 2. The fourth-order valence-electron chi connectivity index (χ4n) is 4.82. The van der Waals surface area contributed by atoms with Gasteiger partial charge in [0.1, 0.15) is 0 Å². The molecule has 0 saturated heterocycles. The number of carboxylic acids is 2. The fraction of sp³-hybridized carbons (Fsp3) is 0.312. The third-order valence-corrected chi connectivity index (χ3v) is 7.53. The van der Waals surface area contributed by atoms with Crippen LogP contribution in [0.5, 0.6) is 0 Å². The van der Waals surface area contributed by atoms with Crippen LogP contribution in [0, 0.1) is 0 Å². The number of H-pyrrole nitrogens is 2. The summed E-state index contributed by atoms with van der Waals surface area (Å²) >= 11 is 0. The first kappa shape index (κ1) is 40.2. The molecule has 2 heterocycles. The Morgan fingerprint density at radius 1 is 0.633 bits per heavy atom. The summed E-state index contributed by atoms with van der Waals surface area (Å²) in [4.78, 5) is 74.1. The van der Waals surface area contributed by atoms with E-state index in [0.29, 0.717) is 0 Å². The molecule has 256 valence electrons. The molecule has 17 heteroatoms. The number of nitrogens with one attached hydrogen (secondary N) is 4. The van der Waals surface area contributed by atoms with Crippen molar-refractivity contribution in [3.05, 3.63) is 72.1 Å². The minimum Gasteiger partial charge on any atom is -0.548 e. The van der Waals surface area contributed by atoms with Crippen LogP contribution in [0.3, 0.4) is 0 Å². The maximum Gasteiger partial charge on any atom is 2.00 e. The van der Waals surface area contributed by atoms with Gasteiger partial charge < -0.3 is 63.3 Å². The van der Waals surface area contributed by atoms with Gasteiger partial charge in [0.25, 0.3) is 0 Å². The van der Waals surface area contributed by atoms with Crippen LogP contribution in [-0.2, 0) is 41.6 Å². The second-order valence-corrected chi connectivity index (χ2v) is 11.1. The van der Waals surface area contributed by atoms with Crippen LogP contribution >= 0.6 is 0 Å². The van der Waals surface area contributed by atoms with Crippen molar-refractivity contribution in [3.63, 3.8) is 0 Å². The van der Waals surface area contributed by atoms with Crippen LogP contribution in [0.4, 0.5) is 0 Å². The molecule has 0 spiro atoms. The Kier molecular flexibility index (Phi) is 15.7. The summed E-state index contributed by atoms with van der Waals surface area (Å²) < 4.78 is 0. The number of aliphatic carboxylic acids is 2. The maximum atomic E-state index is 11.9. The molecule has 0 aliphatic carbocycles. The first-order valence-electron chi connectivity index (χ1n) is 15.0. The van der Waals surface area contributed by atoms with Gasteiger partial charge in [0.2, 0.25) is 23.6 Å². The molecule has 0 aliphatic rings. The molecule has 0 bridgehead atoms. The molecule has 0 unspecified atom stereocenters. The van der Waals surface area contributed by atoms with Gasteiger partial charge >= 0.3 is 23.1 Å². The third kappa shape index (κ3) is 12.2. The minimum atomic E-state index is -1.38. The zero-order chi connectivity index (χ0) is 35.4. The standard InChI is InChI=1S/2C16H20N4O4.Mg/c2*17-11(15(18)22)5-6-14(21)20-13(16(23)24)7-9-8-19-12-4-2-1-3-10(9)12;/h2*1-4,8,11,13,19H,5-7,17H2,(H2,18,22)(H,20,21)(H,23,24);/q;;+2/p-2/t2*11-,13-;/m11./s1. The zero-order valence-corrected chi connectivity index (χ0v) is 28.0. The van der Waals surface area contributed by atoms with E-state index < -0.39 is 59.7 Å². The van der Waals surface area contributed by atoms with Gasteiger partial charge in [-0.3, -0.25) is 19.2 Å². The van der Waals surface area contributed by atoms with Crippen LogP contribution < -0.4 is 43.8 Å². The van der Waals surface area contributed by atoms with Crippen molar-refractivity contribution in [1.82, 2.24) is 20.6 Å². The number of carbonyl (C=O) groups excluding carboxylic acids is 6. The Morgan fingerprint density at radius 3 is 1.31 bits per heavy atom. The Hall–Kier alpha value is -4.97. The molecule has 4 aromatic rings. The molecule has 4 rings (SSSR count). The molecule has 0 aliphatic heterocycles. The second-order valence-electron chi connectivity index (χ2n) is 11.1. The van der Waals surface area contributed by atoms with Crippen molar-refractivity contribution in [2.45, 2.75) is 62.7 Å². The predicted octanol–water partition coefficient (Wildman–Crippen LogP) is -3.30. The van der Waals surface area contributed by atoms with E-state index in [4.69, 9.17) is 22.9 Å². The van der Waals surface area contributed by atoms with Gasteiger partial charge in [-0.1, -0.05) is 36.4 Å². The van der Waals surface area contributed by atoms with Gasteiger partial charge in [-0.05, 0) is 36.1 Å². The number of benzene rings is 2. The van der Waals surface area contributed by atoms with Gasteiger partial charge in [-0.25, -0.2) is 0 Å². The van der Waals surface area contributed by atoms with E-state index in [2.05, 4.69) is 20.6 Å². The van der Waals surface area contributed by atoms with Gasteiger partial charge in [0.05, 0.1) is 36.1 Å². The van der Waals surface area contributed by atoms with Crippen molar-refractivity contribution in [2.24, 2.45) is 22.9 Å². The molecule has 16 nitrogen and oxygen atoms in total. The Balaban J connectivity index is 0.000000333. The topological polar surface area (TPSA) is 308 Å². The quantitative estimate of drug-likeness (QED) is 0.0543. The number of amides is 4. The van der Waals surface area contributed by atoms with Crippen molar-refractivity contribution >= 4 is 80.4 Å². The first-order valence-corrected chi connectivity index (χ1v) is 15.0. The SMILES string of the molecule is NC(=O)[C@H](N)CCC(=O)N[C@H](Cc1c[nH]c2ccccc12)C(=O)[O-].NC(=O)[C@H](N)CCC(=O)N[C@H](Cc1c[nH]c2ccccc12)C(=O)[O-].[Mg+2]. The summed E-state index contributed by atoms with van der Waals surface area (Å²) in [5, 5.41) is 29.2. The summed E-state index contributed by atoms with van der Waals surface area (Å²) in [5.74, 6) is -5.24. The molecule has 12 N–H and O–H groups in total. The number of aromatic nitrogens is 2. The van der Waals surface area contributed by atoms with Crippen molar-refractivity contribution in [1.29, 1.82) is 0 Å². The molecule has 2 aromatic heterocycles.